The van der Waals surface area contributed by atoms with Crippen LogP contribution in [0.4, 0.5) is 15.1 Å². The maximum absolute atomic E-state index is 12.5. The Morgan fingerprint density at radius 2 is 1.63 bits per heavy atom. The fourth-order valence-corrected chi connectivity index (χ4v) is 4.36. The molecule has 2 N–H and O–H groups in total. The zero-order chi connectivity index (χ0) is 21.7. The summed E-state index contributed by atoms with van der Waals surface area (Å²) in [6, 6.07) is 9.46. The van der Waals surface area contributed by atoms with Gasteiger partial charge in [-0.25, -0.2) is 14.6 Å². The lowest BCUT2D eigenvalue weighted by Gasteiger charge is -2.03. The van der Waals surface area contributed by atoms with E-state index in [0.29, 0.717) is 26.3 Å². The fraction of sp³-hybridized carbons (Fsp3) is 0.250. The highest BCUT2D eigenvalue weighted by atomic mass is 32.1. The minimum absolute atomic E-state index is 0.197. The molecule has 10 heteroatoms. The number of aromatic nitrogens is 1. The minimum Gasteiger partial charge on any atom is -0.462 e. The average molecular weight is 445 g/mol. The van der Waals surface area contributed by atoms with E-state index in [1.54, 1.807) is 20.8 Å². The van der Waals surface area contributed by atoms with Crippen molar-refractivity contribution in [2.24, 2.45) is 10.2 Å². The molecule has 0 spiro atoms. The number of rotatable bonds is 7. The van der Waals surface area contributed by atoms with E-state index in [1.807, 2.05) is 30.3 Å². The molecule has 2 heterocycles. The SMILES string of the molecule is CCOC(=O)c1sc(/N=N/c2sc(N)nc2-c2ccccc2)c(C(=O)OCC)c1C. The Morgan fingerprint density at radius 3 is 2.30 bits per heavy atom. The van der Waals surface area contributed by atoms with Gasteiger partial charge in [0.05, 0.1) is 13.2 Å². The summed E-state index contributed by atoms with van der Waals surface area (Å²) in [6.45, 7) is 5.51. The molecule has 0 saturated carbocycles. The Labute approximate surface area is 181 Å². The van der Waals surface area contributed by atoms with Crippen molar-refractivity contribution in [1.82, 2.24) is 4.98 Å². The van der Waals surface area contributed by atoms with Gasteiger partial charge in [0.15, 0.2) is 15.1 Å². The number of esters is 2. The highest BCUT2D eigenvalue weighted by molar-refractivity contribution is 7.19. The number of hydrogen-bond acceptors (Lipinski definition) is 10. The lowest BCUT2D eigenvalue weighted by molar-refractivity contribution is 0.0527. The lowest BCUT2D eigenvalue weighted by Crippen LogP contribution is -2.08. The molecule has 30 heavy (non-hydrogen) atoms. The molecule has 3 aromatic rings. The number of nitrogens with two attached hydrogens (primary N) is 1. The van der Waals surface area contributed by atoms with Crippen LogP contribution >= 0.6 is 22.7 Å². The molecule has 0 bridgehead atoms. The van der Waals surface area contributed by atoms with Gasteiger partial charge >= 0.3 is 11.9 Å². The van der Waals surface area contributed by atoms with E-state index in [4.69, 9.17) is 15.2 Å². The normalized spacial score (nSPS) is 11.0. The second-order valence-electron chi connectivity index (χ2n) is 5.95. The highest BCUT2D eigenvalue weighted by Gasteiger charge is 2.26. The number of ether oxygens (including phenoxy) is 2. The van der Waals surface area contributed by atoms with Gasteiger partial charge in [-0.15, -0.1) is 21.6 Å². The predicted octanol–water partition coefficient (Wildman–Crippen LogP) is 5.53. The van der Waals surface area contributed by atoms with Gasteiger partial charge in [-0.1, -0.05) is 41.7 Å². The number of anilines is 1. The largest absolute Gasteiger partial charge is 0.462 e. The maximum atomic E-state index is 12.5. The van der Waals surface area contributed by atoms with Crippen molar-refractivity contribution in [3.05, 3.63) is 46.3 Å². The summed E-state index contributed by atoms with van der Waals surface area (Å²) in [5.41, 5.74) is 7.98. The summed E-state index contributed by atoms with van der Waals surface area (Å²) < 4.78 is 10.2. The summed E-state index contributed by atoms with van der Waals surface area (Å²) in [5.74, 6) is -1.08. The lowest BCUT2D eigenvalue weighted by atomic mass is 10.1. The zero-order valence-electron chi connectivity index (χ0n) is 16.7. The molecule has 0 aliphatic rings. The Morgan fingerprint density at radius 1 is 1.00 bits per heavy atom. The highest BCUT2D eigenvalue weighted by Crippen LogP contribution is 2.41. The minimum atomic E-state index is -0.567. The van der Waals surface area contributed by atoms with Crippen molar-refractivity contribution in [2.45, 2.75) is 20.8 Å². The van der Waals surface area contributed by atoms with Crippen LogP contribution in [0.25, 0.3) is 11.3 Å². The van der Waals surface area contributed by atoms with Gasteiger partial charge in [-0.3, -0.25) is 0 Å². The van der Waals surface area contributed by atoms with Crippen molar-refractivity contribution < 1.29 is 19.1 Å². The summed E-state index contributed by atoms with van der Waals surface area (Å²) in [4.78, 5) is 29.4. The van der Waals surface area contributed by atoms with Crippen molar-refractivity contribution in [3.8, 4) is 11.3 Å². The number of azo groups is 1. The standard InChI is InChI=1S/C20H20N4O4S2/c1-4-27-18(25)13-11(3)15(19(26)28-5-2)29-16(13)23-24-17-14(22-20(21)30-17)12-9-7-6-8-10-12/h6-10H,4-5H2,1-3H3,(H2,21,22)/b24-23+. The molecule has 0 amide bonds. The van der Waals surface area contributed by atoms with E-state index in [1.165, 1.54) is 11.3 Å². The molecule has 0 atom stereocenters. The van der Waals surface area contributed by atoms with E-state index in [-0.39, 0.29) is 23.8 Å². The van der Waals surface area contributed by atoms with Crippen molar-refractivity contribution in [2.75, 3.05) is 18.9 Å². The molecule has 0 aliphatic carbocycles. The number of nitrogen functional groups attached to an aromatic ring is 1. The number of carbonyl (C=O) groups excluding carboxylic acids is 2. The molecule has 0 radical (unpaired) electrons. The third kappa shape index (κ3) is 4.55. The third-order valence-electron chi connectivity index (χ3n) is 3.97. The van der Waals surface area contributed by atoms with Crippen LogP contribution in [-0.4, -0.2) is 30.1 Å². The first kappa shape index (κ1) is 21.6. The molecule has 0 saturated heterocycles. The summed E-state index contributed by atoms with van der Waals surface area (Å²) >= 11 is 2.21. The van der Waals surface area contributed by atoms with Gasteiger partial charge in [-0.2, -0.15) is 0 Å². The van der Waals surface area contributed by atoms with Crippen molar-refractivity contribution in [1.29, 1.82) is 0 Å². The Balaban J connectivity index is 2.04. The van der Waals surface area contributed by atoms with Gasteiger partial charge in [0.1, 0.15) is 16.1 Å². The Bertz CT molecular complexity index is 1090. The number of thiophene rings is 1. The second kappa shape index (κ2) is 9.59. The van der Waals surface area contributed by atoms with E-state index in [2.05, 4.69) is 15.2 Å². The average Bonchev–Trinajstić information content (AvgIpc) is 3.27. The molecule has 0 aliphatic heterocycles. The first-order valence-corrected chi connectivity index (χ1v) is 10.8. The van der Waals surface area contributed by atoms with Crippen LogP contribution in [-0.2, 0) is 9.47 Å². The van der Waals surface area contributed by atoms with Crippen LogP contribution in [0.3, 0.4) is 0 Å². The molecule has 0 fully saturated rings. The smallest absolute Gasteiger partial charge is 0.348 e. The Kier molecular flexibility index (Phi) is 6.91. The quantitative estimate of drug-likeness (QED) is 0.378. The van der Waals surface area contributed by atoms with Crippen LogP contribution < -0.4 is 5.73 Å². The van der Waals surface area contributed by atoms with Gasteiger partial charge in [-0.05, 0) is 26.3 Å². The molecule has 1 aromatic carbocycles. The summed E-state index contributed by atoms with van der Waals surface area (Å²) in [6.07, 6.45) is 0. The van der Waals surface area contributed by atoms with Gasteiger partial charge < -0.3 is 15.2 Å². The summed E-state index contributed by atoms with van der Waals surface area (Å²) in [7, 11) is 0. The molecule has 0 unspecified atom stereocenters. The van der Waals surface area contributed by atoms with E-state index < -0.39 is 11.9 Å². The fourth-order valence-electron chi connectivity index (χ4n) is 2.67. The van der Waals surface area contributed by atoms with E-state index in [9.17, 15) is 9.59 Å². The summed E-state index contributed by atoms with van der Waals surface area (Å²) in [5, 5.41) is 9.65. The molecular formula is C20H20N4O4S2. The third-order valence-corrected chi connectivity index (χ3v) is 5.90. The van der Waals surface area contributed by atoms with Crippen LogP contribution in [0.15, 0.2) is 40.6 Å². The van der Waals surface area contributed by atoms with Gasteiger partial charge in [0, 0.05) is 5.56 Å². The van der Waals surface area contributed by atoms with E-state index in [0.717, 1.165) is 16.9 Å². The van der Waals surface area contributed by atoms with Crippen molar-refractivity contribution in [3.63, 3.8) is 0 Å². The Hall–Kier alpha value is -3.11. The molecule has 2 aromatic heterocycles. The van der Waals surface area contributed by atoms with Crippen LogP contribution in [0.1, 0.15) is 39.4 Å². The van der Waals surface area contributed by atoms with E-state index >= 15 is 0 Å². The topological polar surface area (TPSA) is 116 Å². The zero-order valence-corrected chi connectivity index (χ0v) is 18.3. The molecule has 3 rings (SSSR count). The van der Waals surface area contributed by atoms with Crippen molar-refractivity contribution >= 4 is 49.7 Å². The van der Waals surface area contributed by atoms with Crippen LogP contribution in [0.5, 0.6) is 0 Å². The molecular weight excluding hydrogens is 424 g/mol. The van der Waals surface area contributed by atoms with Crippen LogP contribution in [0.2, 0.25) is 0 Å². The maximum Gasteiger partial charge on any atom is 0.348 e. The number of thiazole rings is 1. The number of benzene rings is 1. The predicted molar refractivity (Wildman–Crippen MR) is 117 cm³/mol. The molecule has 156 valence electrons. The second-order valence-corrected chi connectivity index (χ2v) is 7.96. The first-order valence-electron chi connectivity index (χ1n) is 9.17. The van der Waals surface area contributed by atoms with Crippen LogP contribution in [0, 0.1) is 6.92 Å². The van der Waals surface area contributed by atoms with Gasteiger partial charge in [0.25, 0.3) is 0 Å². The number of nitrogens with zero attached hydrogens (tertiary/aromatic N) is 3. The number of hydrogen-bond donors (Lipinski definition) is 1. The van der Waals surface area contributed by atoms with Gasteiger partial charge in [0.2, 0.25) is 0 Å². The monoisotopic (exact) mass is 444 g/mol. The number of carbonyl (C=O) groups is 2. The first-order chi connectivity index (χ1) is 14.5. The molecule has 8 nitrogen and oxygen atoms in total.